The monoisotopic (exact) mass is 250 g/mol. The summed E-state index contributed by atoms with van der Waals surface area (Å²) in [5.41, 5.74) is 0. The first kappa shape index (κ1) is 12.9. The van der Waals surface area contributed by atoms with E-state index < -0.39 is 0 Å². The molecule has 1 N–H and O–H groups in total. The van der Waals surface area contributed by atoms with E-state index in [0.29, 0.717) is 0 Å². The van der Waals surface area contributed by atoms with E-state index in [-0.39, 0.29) is 0 Å². The predicted octanol–water partition coefficient (Wildman–Crippen LogP) is 3.17. The van der Waals surface area contributed by atoms with Crippen LogP contribution in [-0.2, 0) is 0 Å². The van der Waals surface area contributed by atoms with Crippen LogP contribution in [-0.4, -0.2) is 36.1 Å². The van der Waals surface area contributed by atoms with Crippen LogP contribution in [0.15, 0.2) is 0 Å². The molecule has 3 atom stereocenters. The Balaban J connectivity index is 1.59. The highest BCUT2D eigenvalue weighted by atomic mass is 15.2. The summed E-state index contributed by atoms with van der Waals surface area (Å²) in [5, 5.41) is 3.76. The van der Waals surface area contributed by atoms with Crippen molar-refractivity contribution < 1.29 is 0 Å². The molecule has 3 unspecified atom stereocenters. The molecule has 2 nitrogen and oxygen atoms in total. The molecular formula is C16H30N2. The molecule has 18 heavy (non-hydrogen) atoms. The van der Waals surface area contributed by atoms with Gasteiger partial charge in [-0.05, 0) is 57.4 Å². The highest BCUT2D eigenvalue weighted by Gasteiger charge is 2.36. The number of nitrogens with one attached hydrogen (secondary N) is 1. The molecule has 0 aromatic rings. The topological polar surface area (TPSA) is 15.3 Å². The molecule has 104 valence electrons. The molecule has 1 saturated heterocycles. The molecule has 1 heterocycles. The van der Waals surface area contributed by atoms with E-state index >= 15 is 0 Å². The highest BCUT2D eigenvalue weighted by molar-refractivity contribution is 4.92. The number of likely N-dealkylation sites (tertiary alicyclic amines) is 1. The van der Waals surface area contributed by atoms with Crippen molar-refractivity contribution in [1.82, 2.24) is 10.2 Å². The summed E-state index contributed by atoms with van der Waals surface area (Å²) >= 11 is 0. The summed E-state index contributed by atoms with van der Waals surface area (Å²) < 4.78 is 0. The van der Waals surface area contributed by atoms with Crippen molar-refractivity contribution in [3.05, 3.63) is 0 Å². The van der Waals surface area contributed by atoms with E-state index in [2.05, 4.69) is 17.1 Å². The summed E-state index contributed by atoms with van der Waals surface area (Å²) in [4.78, 5) is 2.89. The van der Waals surface area contributed by atoms with E-state index in [1.807, 2.05) is 0 Å². The van der Waals surface area contributed by atoms with Crippen molar-refractivity contribution in [3.8, 4) is 0 Å². The summed E-state index contributed by atoms with van der Waals surface area (Å²) in [6, 6.07) is 2.60. The van der Waals surface area contributed by atoms with Crippen molar-refractivity contribution in [2.45, 2.75) is 82.8 Å². The summed E-state index contributed by atoms with van der Waals surface area (Å²) in [6.45, 7) is 4.99. The standard InChI is InChI=1S/C16H30N2/c1-2-15(12-17-14-9-10-14)18-11-5-7-13-6-3-4-8-16(13)18/h13-17H,2-12H2,1H3. The Kier molecular flexibility index (Phi) is 4.25. The van der Waals surface area contributed by atoms with Gasteiger partial charge in [0.05, 0.1) is 0 Å². The van der Waals surface area contributed by atoms with Crippen molar-refractivity contribution in [3.63, 3.8) is 0 Å². The van der Waals surface area contributed by atoms with Crippen molar-refractivity contribution >= 4 is 0 Å². The third-order valence-corrected chi connectivity index (χ3v) is 5.45. The van der Waals surface area contributed by atoms with Crippen LogP contribution in [0.4, 0.5) is 0 Å². The molecule has 0 aromatic heterocycles. The Morgan fingerprint density at radius 2 is 1.83 bits per heavy atom. The lowest BCUT2D eigenvalue weighted by Crippen LogP contribution is -2.54. The minimum atomic E-state index is 0.802. The van der Waals surface area contributed by atoms with E-state index in [4.69, 9.17) is 0 Å². The molecule has 0 aromatic carbocycles. The molecule has 0 amide bonds. The summed E-state index contributed by atoms with van der Waals surface area (Å²) in [6.07, 6.45) is 13.1. The van der Waals surface area contributed by atoms with Gasteiger partial charge in [0.1, 0.15) is 0 Å². The van der Waals surface area contributed by atoms with E-state index in [1.54, 1.807) is 0 Å². The van der Waals surface area contributed by atoms with Crippen molar-refractivity contribution in [1.29, 1.82) is 0 Å². The van der Waals surface area contributed by atoms with Gasteiger partial charge in [0.15, 0.2) is 0 Å². The number of rotatable bonds is 5. The lowest BCUT2D eigenvalue weighted by atomic mass is 9.77. The van der Waals surface area contributed by atoms with Gasteiger partial charge in [0.25, 0.3) is 0 Å². The maximum absolute atomic E-state index is 3.76. The van der Waals surface area contributed by atoms with E-state index in [0.717, 1.165) is 24.0 Å². The Morgan fingerprint density at radius 3 is 2.61 bits per heavy atom. The van der Waals surface area contributed by atoms with Crippen LogP contribution in [0.2, 0.25) is 0 Å². The van der Waals surface area contributed by atoms with E-state index in [1.165, 1.54) is 70.9 Å². The zero-order valence-electron chi connectivity index (χ0n) is 12.0. The fourth-order valence-electron chi connectivity index (χ4n) is 4.20. The van der Waals surface area contributed by atoms with Crippen LogP contribution < -0.4 is 5.32 Å². The van der Waals surface area contributed by atoms with Crippen LogP contribution >= 0.6 is 0 Å². The van der Waals surface area contributed by atoms with Crippen molar-refractivity contribution in [2.75, 3.05) is 13.1 Å². The van der Waals surface area contributed by atoms with Crippen LogP contribution in [0, 0.1) is 5.92 Å². The molecule has 3 rings (SSSR count). The molecule has 2 aliphatic carbocycles. The molecule has 2 heteroatoms. The van der Waals surface area contributed by atoms with Crippen LogP contribution in [0.1, 0.15) is 64.7 Å². The zero-order valence-corrected chi connectivity index (χ0v) is 12.0. The summed E-state index contributed by atoms with van der Waals surface area (Å²) in [5.74, 6) is 1.03. The minimum Gasteiger partial charge on any atom is -0.312 e. The number of hydrogen-bond acceptors (Lipinski definition) is 2. The molecule has 0 radical (unpaired) electrons. The third-order valence-electron chi connectivity index (χ3n) is 5.45. The number of fused-ring (bicyclic) bond motifs is 1. The highest BCUT2D eigenvalue weighted by Crippen LogP contribution is 2.36. The maximum atomic E-state index is 3.76. The van der Waals surface area contributed by atoms with Crippen LogP contribution in [0.3, 0.4) is 0 Å². The van der Waals surface area contributed by atoms with Gasteiger partial charge >= 0.3 is 0 Å². The smallest absolute Gasteiger partial charge is 0.0221 e. The van der Waals surface area contributed by atoms with Crippen LogP contribution in [0.5, 0.6) is 0 Å². The van der Waals surface area contributed by atoms with E-state index in [9.17, 15) is 0 Å². The van der Waals surface area contributed by atoms with Crippen molar-refractivity contribution in [2.24, 2.45) is 5.92 Å². The largest absolute Gasteiger partial charge is 0.312 e. The normalized spacial score (nSPS) is 35.2. The second-order valence-electron chi connectivity index (χ2n) is 6.74. The molecule has 3 fully saturated rings. The first-order valence-electron chi connectivity index (χ1n) is 8.37. The molecule has 1 aliphatic heterocycles. The van der Waals surface area contributed by atoms with Gasteiger partial charge in [0, 0.05) is 24.7 Å². The fourth-order valence-corrected chi connectivity index (χ4v) is 4.20. The molecule has 2 saturated carbocycles. The van der Waals surface area contributed by atoms with Gasteiger partial charge in [-0.1, -0.05) is 19.8 Å². The van der Waals surface area contributed by atoms with Gasteiger partial charge < -0.3 is 5.32 Å². The Bertz CT molecular complexity index is 260. The molecule has 0 bridgehead atoms. The Hall–Kier alpha value is -0.0800. The second-order valence-corrected chi connectivity index (χ2v) is 6.74. The number of piperidine rings is 1. The van der Waals surface area contributed by atoms with Gasteiger partial charge in [-0.3, -0.25) is 4.90 Å². The fraction of sp³-hybridized carbons (Fsp3) is 1.00. The quantitative estimate of drug-likeness (QED) is 0.806. The van der Waals surface area contributed by atoms with Gasteiger partial charge in [-0.25, -0.2) is 0 Å². The third kappa shape index (κ3) is 2.91. The average Bonchev–Trinajstić information content (AvgIpc) is 3.24. The first-order valence-corrected chi connectivity index (χ1v) is 8.37. The lowest BCUT2D eigenvalue weighted by molar-refractivity contribution is 0.0242. The Labute approximate surface area is 113 Å². The Morgan fingerprint density at radius 1 is 1.06 bits per heavy atom. The van der Waals surface area contributed by atoms with Gasteiger partial charge in [0.2, 0.25) is 0 Å². The SMILES string of the molecule is CCC(CNC1CC1)N1CCCC2CCCCC21. The number of nitrogens with zero attached hydrogens (tertiary/aromatic N) is 1. The predicted molar refractivity (Wildman–Crippen MR) is 76.8 cm³/mol. The summed E-state index contributed by atoms with van der Waals surface area (Å²) in [7, 11) is 0. The molecule has 0 spiro atoms. The first-order chi connectivity index (χ1) is 8.88. The minimum absolute atomic E-state index is 0.802. The van der Waals surface area contributed by atoms with Gasteiger partial charge in [-0.2, -0.15) is 0 Å². The van der Waals surface area contributed by atoms with Gasteiger partial charge in [-0.15, -0.1) is 0 Å². The van der Waals surface area contributed by atoms with Crippen LogP contribution in [0.25, 0.3) is 0 Å². The molecular weight excluding hydrogens is 220 g/mol. The second kappa shape index (κ2) is 5.92. The lowest BCUT2D eigenvalue weighted by Gasteiger charge is -2.47. The zero-order chi connectivity index (χ0) is 12.4. The molecule has 3 aliphatic rings. The maximum Gasteiger partial charge on any atom is 0.0221 e. The number of hydrogen-bond donors (Lipinski definition) is 1. The average molecular weight is 250 g/mol.